The van der Waals surface area contributed by atoms with Crippen molar-refractivity contribution in [2.75, 3.05) is 18.1 Å². The predicted molar refractivity (Wildman–Crippen MR) is 71.3 cm³/mol. The number of amidine groups is 1. The van der Waals surface area contributed by atoms with Gasteiger partial charge in [-0.05, 0) is 12.1 Å². The molecule has 0 unspecified atom stereocenters. The quantitative estimate of drug-likeness (QED) is 0.718. The molecule has 2 aliphatic heterocycles. The Morgan fingerprint density at radius 1 is 1.31 bits per heavy atom. The van der Waals surface area contributed by atoms with Gasteiger partial charge < -0.3 is 4.90 Å². The van der Waals surface area contributed by atoms with E-state index in [0.717, 1.165) is 41.0 Å². The van der Waals surface area contributed by atoms with Crippen LogP contribution in [0.4, 0.5) is 5.69 Å². The molecule has 16 heavy (non-hydrogen) atoms. The van der Waals surface area contributed by atoms with Crippen LogP contribution >= 0.6 is 35.0 Å². The summed E-state index contributed by atoms with van der Waals surface area (Å²) >= 11 is 14.1. The van der Waals surface area contributed by atoms with Crippen LogP contribution in [0.5, 0.6) is 0 Å². The molecule has 0 N–H and O–H groups in total. The van der Waals surface area contributed by atoms with Gasteiger partial charge in [-0.3, -0.25) is 0 Å². The van der Waals surface area contributed by atoms with E-state index in [2.05, 4.69) is 9.89 Å². The monoisotopic (exact) mass is 272 g/mol. The van der Waals surface area contributed by atoms with E-state index < -0.39 is 0 Å². The molecule has 84 valence electrons. The third-order valence-corrected chi connectivity index (χ3v) is 4.33. The SMILES string of the molecule is Clc1cc(Cl)c2c(c1)N=C1CSCCN1C2. The summed E-state index contributed by atoms with van der Waals surface area (Å²) in [5, 5.41) is 1.38. The van der Waals surface area contributed by atoms with E-state index in [4.69, 9.17) is 23.2 Å². The second-order valence-corrected chi connectivity index (χ2v) is 5.84. The van der Waals surface area contributed by atoms with Gasteiger partial charge in [0.05, 0.1) is 11.4 Å². The summed E-state index contributed by atoms with van der Waals surface area (Å²) in [6, 6.07) is 3.69. The lowest BCUT2D eigenvalue weighted by atomic mass is 10.1. The highest BCUT2D eigenvalue weighted by molar-refractivity contribution is 8.00. The summed E-state index contributed by atoms with van der Waals surface area (Å²) in [5.41, 5.74) is 2.04. The first-order valence-electron chi connectivity index (χ1n) is 5.12. The van der Waals surface area contributed by atoms with Gasteiger partial charge in [-0.25, -0.2) is 4.99 Å². The fourth-order valence-electron chi connectivity index (χ4n) is 2.01. The molecule has 3 rings (SSSR count). The van der Waals surface area contributed by atoms with Gasteiger partial charge in [-0.15, -0.1) is 0 Å². The van der Waals surface area contributed by atoms with Gasteiger partial charge in [0, 0.05) is 34.5 Å². The summed E-state index contributed by atoms with van der Waals surface area (Å²) in [7, 11) is 0. The maximum atomic E-state index is 6.19. The highest BCUT2D eigenvalue weighted by atomic mass is 35.5. The Hall–Kier alpha value is -0.380. The average molecular weight is 273 g/mol. The minimum absolute atomic E-state index is 0.657. The Balaban J connectivity index is 2.09. The number of fused-ring (bicyclic) bond motifs is 2. The molecule has 0 saturated carbocycles. The Kier molecular flexibility index (Phi) is 2.78. The van der Waals surface area contributed by atoms with Gasteiger partial charge >= 0.3 is 0 Å². The van der Waals surface area contributed by atoms with Crippen LogP contribution in [-0.4, -0.2) is 28.8 Å². The lowest BCUT2D eigenvalue weighted by molar-refractivity contribution is 0.427. The first-order valence-corrected chi connectivity index (χ1v) is 7.03. The molecular formula is C11H10Cl2N2S. The van der Waals surface area contributed by atoms with Crippen molar-refractivity contribution in [1.29, 1.82) is 0 Å². The number of aliphatic imine (C=N–C) groups is 1. The number of hydrogen-bond acceptors (Lipinski definition) is 3. The van der Waals surface area contributed by atoms with E-state index in [1.165, 1.54) is 5.75 Å². The van der Waals surface area contributed by atoms with Crippen LogP contribution in [0.1, 0.15) is 5.56 Å². The summed E-state index contributed by atoms with van der Waals surface area (Å²) < 4.78 is 0. The summed E-state index contributed by atoms with van der Waals surface area (Å²) in [4.78, 5) is 6.95. The molecule has 1 saturated heterocycles. The Bertz CT molecular complexity index is 473. The van der Waals surface area contributed by atoms with Crippen molar-refractivity contribution in [3.05, 3.63) is 27.7 Å². The lowest BCUT2D eigenvalue weighted by Gasteiger charge is -2.34. The molecule has 2 aliphatic rings. The number of benzene rings is 1. The van der Waals surface area contributed by atoms with E-state index in [1.807, 2.05) is 17.8 Å². The standard InChI is InChI=1S/C11H10Cl2N2S/c12-7-3-9(13)8-5-15-1-2-16-6-11(15)14-10(8)4-7/h3-4H,1-2,5-6H2. The number of thioether (sulfide) groups is 1. The summed E-state index contributed by atoms with van der Waals surface area (Å²) in [6.45, 7) is 1.92. The Morgan fingerprint density at radius 2 is 2.19 bits per heavy atom. The molecule has 0 radical (unpaired) electrons. The van der Waals surface area contributed by atoms with E-state index in [1.54, 1.807) is 6.07 Å². The molecule has 2 heterocycles. The van der Waals surface area contributed by atoms with Crippen molar-refractivity contribution in [3.8, 4) is 0 Å². The van der Waals surface area contributed by atoms with Gasteiger partial charge in [0.1, 0.15) is 5.84 Å². The first-order chi connectivity index (χ1) is 7.74. The molecule has 0 aromatic heterocycles. The maximum absolute atomic E-state index is 6.19. The van der Waals surface area contributed by atoms with E-state index >= 15 is 0 Å². The van der Waals surface area contributed by atoms with E-state index in [0.29, 0.717) is 5.02 Å². The zero-order chi connectivity index (χ0) is 11.1. The van der Waals surface area contributed by atoms with Crippen LogP contribution < -0.4 is 0 Å². The van der Waals surface area contributed by atoms with Crippen molar-refractivity contribution < 1.29 is 0 Å². The molecule has 0 aliphatic carbocycles. The van der Waals surface area contributed by atoms with E-state index in [-0.39, 0.29) is 0 Å². The Labute approximate surface area is 109 Å². The van der Waals surface area contributed by atoms with Crippen LogP contribution in [0.25, 0.3) is 0 Å². The fraction of sp³-hybridized carbons (Fsp3) is 0.364. The number of halogens is 2. The third kappa shape index (κ3) is 1.81. The van der Waals surface area contributed by atoms with Crippen molar-refractivity contribution in [2.24, 2.45) is 4.99 Å². The van der Waals surface area contributed by atoms with Crippen LogP contribution in [0, 0.1) is 0 Å². The third-order valence-electron chi connectivity index (χ3n) is 2.84. The number of rotatable bonds is 0. The van der Waals surface area contributed by atoms with Gasteiger partial charge in [-0.2, -0.15) is 11.8 Å². The molecular weight excluding hydrogens is 263 g/mol. The molecule has 0 atom stereocenters. The van der Waals surface area contributed by atoms with Gasteiger partial charge in [0.2, 0.25) is 0 Å². The lowest BCUT2D eigenvalue weighted by Crippen LogP contribution is -2.39. The largest absolute Gasteiger partial charge is 0.354 e. The topological polar surface area (TPSA) is 15.6 Å². The minimum Gasteiger partial charge on any atom is -0.354 e. The predicted octanol–water partition coefficient (Wildman–Crippen LogP) is 3.59. The minimum atomic E-state index is 0.657. The first kappa shape index (κ1) is 10.8. The number of hydrogen-bond donors (Lipinski definition) is 0. The van der Waals surface area contributed by atoms with Crippen molar-refractivity contribution in [1.82, 2.24) is 4.90 Å². The van der Waals surface area contributed by atoms with Gasteiger partial charge in [0.25, 0.3) is 0 Å². The molecule has 5 heteroatoms. The maximum Gasteiger partial charge on any atom is 0.115 e. The fourth-order valence-corrected chi connectivity index (χ4v) is 3.47. The number of nitrogens with zero attached hydrogens (tertiary/aromatic N) is 2. The van der Waals surface area contributed by atoms with Crippen LogP contribution in [0.2, 0.25) is 10.0 Å². The molecule has 0 spiro atoms. The highest BCUT2D eigenvalue weighted by Crippen LogP contribution is 2.36. The molecule has 1 aromatic rings. The summed E-state index contributed by atoms with van der Waals surface area (Å²) in [6.07, 6.45) is 0. The summed E-state index contributed by atoms with van der Waals surface area (Å²) in [5.74, 6) is 3.31. The normalized spacial score (nSPS) is 18.9. The van der Waals surface area contributed by atoms with Crippen molar-refractivity contribution in [2.45, 2.75) is 6.54 Å². The zero-order valence-corrected chi connectivity index (χ0v) is 10.9. The van der Waals surface area contributed by atoms with Gasteiger partial charge in [-0.1, -0.05) is 23.2 Å². The smallest absolute Gasteiger partial charge is 0.115 e. The van der Waals surface area contributed by atoms with E-state index in [9.17, 15) is 0 Å². The molecule has 1 fully saturated rings. The highest BCUT2D eigenvalue weighted by Gasteiger charge is 2.24. The molecule has 2 nitrogen and oxygen atoms in total. The van der Waals surface area contributed by atoms with Crippen molar-refractivity contribution in [3.63, 3.8) is 0 Å². The average Bonchev–Trinajstić information content (AvgIpc) is 2.27. The molecule has 0 amide bonds. The van der Waals surface area contributed by atoms with Crippen LogP contribution in [0.3, 0.4) is 0 Å². The second-order valence-electron chi connectivity index (χ2n) is 3.89. The molecule has 0 bridgehead atoms. The molecule has 1 aromatic carbocycles. The second kappa shape index (κ2) is 4.13. The van der Waals surface area contributed by atoms with Crippen molar-refractivity contribution >= 4 is 46.5 Å². The zero-order valence-electron chi connectivity index (χ0n) is 8.54. The van der Waals surface area contributed by atoms with Crippen LogP contribution in [0.15, 0.2) is 17.1 Å². The Morgan fingerprint density at radius 3 is 3.06 bits per heavy atom. The van der Waals surface area contributed by atoms with Crippen LogP contribution in [-0.2, 0) is 6.54 Å². The van der Waals surface area contributed by atoms with Gasteiger partial charge in [0.15, 0.2) is 0 Å².